The average molecular weight is 465 g/mol. The molecule has 0 saturated heterocycles. The van der Waals surface area contributed by atoms with Gasteiger partial charge in [-0.3, -0.25) is 9.78 Å². The molecule has 0 saturated carbocycles. The van der Waals surface area contributed by atoms with Crippen molar-refractivity contribution in [3.05, 3.63) is 58.2 Å². The maximum absolute atomic E-state index is 14.1. The second-order valence-electron chi connectivity index (χ2n) is 5.20. The summed E-state index contributed by atoms with van der Waals surface area (Å²) in [5.41, 5.74) is 1.50. The minimum absolute atomic E-state index is 0.113. The van der Waals surface area contributed by atoms with Crippen molar-refractivity contribution >= 4 is 46.0 Å². The molecule has 0 unspecified atom stereocenters. The van der Waals surface area contributed by atoms with E-state index >= 15 is 0 Å². The summed E-state index contributed by atoms with van der Waals surface area (Å²) in [6.45, 7) is -0.339. The van der Waals surface area contributed by atoms with Gasteiger partial charge < -0.3 is 15.7 Å². The van der Waals surface area contributed by atoms with Gasteiger partial charge >= 0.3 is 5.97 Å². The summed E-state index contributed by atoms with van der Waals surface area (Å²) in [5.74, 6) is -1.02. The number of benzene rings is 1. The van der Waals surface area contributed by atoms with Crippen LogP contribution in [-0.4, -0.2) is 32.6 Å². The number of nitrogens with zero attached hydrogens (tertiary/aromatic N) is 3. The van der Waals surface area contributed by atoms with Crippen molar-refractivity contribution in [1.29, 1.82) is 0 Å². The van der Waals surface area contributed by atoms with E-state index in [0.717, 1.165) is 9.13 Å². The molecular formula is C17H13FIN5O2. The largest absolute Gasteiger partial charge is 0.480 e. The highest BCUT2D eigenvalue weighted by Crippen LogP contribution is 2.25. The molecular weight excluding hydrogens is 452 g/mol. The maximum atomic E-state index is 14.1. The van der Waals surface area contributed by atoms with Crippen LogP contribution < -0.4 is 10.6 Å². The summed E-state index contributed by atoms with van der Waals surface area (Å²) in [7, 11) is 0. The molecule has 0 aliphatic heterocycles. The van der Waals surface area contributed by atoms with Crippen molar-refractivity contribution in [3.8, 4) is 11.3 Å². The van der Waals surface area contributed by atoms with E-state index in [1.54, 1.807) is 36.7 Å². The molecule has 132 valence electrons. The summed E-state index contributed by atoms with van der Waals surface area (Å²) in [6, 6.07) is 9.97. The number of carboxylic acid groups (broad SMARTS) is 1. The van der Waals surface area contributed by atoms with Crippen LogP contribution in [-0.2, 0) is 4.79 Å². The molecule has 0 radical (unpaired) electrons. The van der Waals surface area contributed by atoms with Gasteiger partial charge in [-0.05, 0) is 52.9 Å². The van der Waals surface area contributed by atoms with Crippen molar-refractivity contribution in [2.75, 3.05) is 17.2 Å². The van der Waals surface area contributed by atoms with Crippen LogP contribution in [0.3, 0.4) is 0 Å². The zero-order chi connectivity index (χ0) is 18.5. The molecule has 0 amide bonds. The lowest BCUT2D eigenvalue weighted by molar-refractivity contribution is -0.134. The summed E-state index contributed by atoms with van der Waals surface area (Å²) in [6.07, 6.45) is 3.26. The highest BCUT2D eigenvalue weighted by atomic mass is 127. The Morgan fingerprint density at radius 3 is 2.77 bits per heavy atom. The minimum atomic E-state index is -1.04. The number of aromatic nitrogens is 3. The van der Waals surface area contributed by atoms with Gasteiger partial charge in [0.2, 0.25) is 5.95 Å². The molecule has 26 heavy (non-hydrogen) atoms. The minimum Gasteiger partial charge on any atom is -0.480 e. The van der Waals surface area contributed by atoms with Crippen LogP contribution in [0.15, 0.2) is 48.8 Å². The number of rotatable bonds is 6. The normalized spacial score (nSPS) is 10.4. The number of aliphatic carboxylic acids is 1. The Morgan fingerprint density at radius 1 is 1.23 bits per heavy atom. The lowest BCUT2D eigenvalue weighted by Gasteiger charge is -2.11. The number of hydrogen-bond donors (Lipinski definition) is 3. The van der Waals surface area contributed by atoms with Gasteiger partial charge in [-0.2, -0.15) is 4.98 Å². The molecule has 7 nitrogen and oxygen atoms in total. The van der Waals surface area contributed by atoms with Crippen molar-refractivity contribution in [3.63, 3.8) is 0 Å². The van der Waals surface area contributed by atoms with E-state index in [0.29, 0.717) is 11.5 Å². The van der Waals surface area contributed by atoms with Gasteiger partial charge in [-0.15, -0.1) is 0 Å². The third-order valence-electron chi connectivity index (χ3n) is 3.28. The third kappa shape index (κ3) is 4.63. The highest BCUT2D eigenvalue weighted by Gasteiger charge is 2.10. The molecule has 0 fully saturated rings. The van der Waals surface area contributed by atoms with E-state index in [1.807, 2.05) is 28.7 Å². The van der Waals surface area contributed by atoms with Crippen molar-refractivity contribution in [1.82, 2.24) is 15.0 Å². The average Bonchev–Trinajstić information content (AvgIpc) is 2.63. The first-order valence-electron chi connectivity index (χ1n) is 7.48. The quantitative estimate of drug-likeness (QED) is 0.479. The second-order valence-corrected chi connectivity index (χ2v) is 6.45. The smallest absolute Gasteiger partial charge is 0.322 e. The number of carboxylic acids is 1. The fraction of sp³-hybridized carbons (Fsp3) is 0.0588. The Hall–Kier alpha value is -2.82. The fourth-order valence-electron chi connectivity index (χ4n) is 2.14. The van der Waals surface area contributed by atoms with E-state index in [1.165, 1.54) is 6.07 Å². The first-order chi connectivity index (χ1) is 12.5. The molecule has 9 heteroatoms. The number of pyridine rings is 1. The molecule has 0 aliphatic carbocycles. The predicted molar refractivity (Wildman–Crippen MR) is 104 cm³/mol. The molecule has 3 N–H and O–H groups in total. The van der Waals surface area contributed by atoms with Gasteiger partial charge in [0.05, 0.1) is 11.4 Å². The molecule has 2 heterocycles. The van der Waals surface area contributed by atoms with E-state index in [9.17, 15) is 9.18 Å². The van der Waals surface area contributed by atoms with E-state index in [-0.39, 0.29) is 18.2 Å². The predicted octanol–water partition coefficient (Wildman–Crippen LogP) is 3.52. The van der Waals surface area contributed by atoms with Gasteiger partial charge in [-0.25, -0.2) is 9.37 Å². The van der Waals surface area contributed by atoms with Gasteiger partial charge in [-0.1, -0.05) is 0 Å². The van der Waals surface area contributed by atoms with Crippen LogP contribution in [0.25, 0.3) is 11.3 Å². The first kappa shape index (κ1) is 18.0. The molecule has 3 rings (SSSR count). The lowest BCUT2D eigenvalue weighted by atomic mass is 10.2. The SMILES string of the molecule is O=C(O)CNc1nc(Nc2ccc(I)cc2F)cc(-c2cccnc2)n1. The summed E-state index contributed by atoms with van der Waals surface area (Å²) < 4.78 is 14.9. The molecule has 0 bridgehead atoms. The highest BCUT2D eigenvalue weighted by molar-refractivity contribution is 14.1. The molecule has 2 aromatic heterocycles. The van der Waals surface area contributed by atoms with Crippen LogP contribution in [0.1, 0.15) is 0 Å². The second kappa shape index (κ2) is 8.04. The summed E-state index contributed by atoms with van der Waals surface area (Å²) in [4.78, 5) is 23.3. The molecule has 1 aromatic carbocycles. The third-order valence-corrected chi connectivity index (χ3v) is 3.95. The van der Waals surface area contributed by atoms with E-state index in [2.05, 4.69) is 25.6 Å². The number of anilines is 3. The first-order valence-corrected chi connectivity index (χ1v) is 8.56. The summed E-state index contributed by atoms with van der Waals surface area (Å²) in [5, 5.41) is 14.4. The Kier molecular flexibility index (Phi) is 5.56. The number of carbonyl (C=O) groups is 1. The van der Waals surface area contributed by atoms with E-state index in [4.69, 9.17) is 5.11 Å². The Balaban J connectivity index is 1.97. The van der Waals surface area contributed by atoms with Crippen LogP contribution >= 0.6 is 22.6 Å². The Bertz CT molecular complexity index is 940. The molecule has 3 aromatic rings. The lowest BCUT2D eigenvalue weighted by Crippen LogP contribution is -2.15. The number of halogens is 2. The van der Waals surface area contributed by atoms with Gasteiger partial charge in [0.15, 0.2) is 0 Å². The van der Waals surface area contributed by atoms with Crippen LogP contribution in [0.5, 0.6) is 0 Å². The zero-order valence-corrected chi connectivity index (χ0v) is 15.4. The molecule has 0 aliphatic rings. The van der Waals surface area contributed by atoms with Gasteiger partial charge in [0.25, 0.3) is 0 Å². The Morgan fingerprint density at radius 2 is 2.08 bits per heavy atom. The number of nitrogens with one attached hydrogen (secondary N) is 2. The van der Waals surface area contributed by atoms with Crippen LogP contribution in [0.2, 0.25) is 0 Å². The van der Waals surface area contributed by atoms with Crippen LogP contribution in [0.4, 0.5) is 21.8 Å². The van der Waals surface area contributed by atoms with Crippen molar-refractivity contribution in [2.24, 2.45) is 0 Å². The topological polar surface area (TPSA) is 100 Å². The van der Waals surface area contributed by atoms with Gasteiger partial charge in [0, 0.05) is 27.6 Å². The zero-order valence-electron chi connectivity index (χ0n) is 13.3. The van der Waals surface area contributed by atoms with Crippen LogP contribution in [0, 0.1) is 9.39 Å². The number of hydrogen-bond acceptors (Lipinski definition) is 6. The maximum Gasteiger partial charge on any atom is 0.322 e. The fourth-order valence-corrected chi connectivity index (χ4v) is 2.59. The van der Waals surface area contributed by atoms with E-state index < -0.39 is 11.8 Å². The Labute approximate surface area is 161 Å². The monoisotopic (exact) mass is 465 g/mol. The standard InChI is InChI=1S/C17H13FIN5O2/c18-12-6-11(19)3-4-13(12)22-15-7-14(10-2-1-5-20-8-10)23-17(24-15)21-9-16(25)26/h1-8H,9H2,(H,25,26)(H2,21,22,23,24). The molecule has 0 spiro atoms. The molecule has 0 atom stereocenters. The van der Waals surface area contributed by atoms with Gasteiger partial charge in [0.1, 0.15) is 18.2 Å². The van der Waals surface area contributed by atoms with Crippen molar-refractivity contribution < 1.29 is 14.3 Å². The van der Waals surface area contributed by atoms with Crippen molar-refractivity contribution in [2.45, 2.75) is 0 Å². The summed E-state index contributed by atoms with van der Waals surface area (Å²) >= 11 is 2.02.